The molecule has 1 rings (SSSR count). The highest BCUT2D eigenvalue weighted by Gasteiger charge is 2.12. The largest absolute Gasteiger partial charge is 0.493 e. The van der Waals surface area contributed by atoms with E-state index in [1.165, 1.54) is 33.3 Å². The molecule has 1 atom stereocenters. The highest BCUT2D eigenvalue weighted by atomic mass is 16.5. The molecule has 0 aliphatic heterocycles. The van der Waals surface area contributed by atoms with E-state index in [1.54, 1.807) is 18.2 Å². The molecule has 0 aliphatic rings. The lowest BCUT2D eigenvalue weighted by Crippen LogP contribution is -2.86. The number of aliphatic hydroxyl groups is 1. The average molecular weight is 310 g/mol. The summed E-state index contributed by atoms with van der Waals surface area (Å²) < 4.78 is 10.8. The Balaban J connectivity index is 2.41. The lowest BCUT2D eigenvalue weighted by Gasteiger charge is -2.14. The van der Waals surface area contributed by atoms with E-state index in [1.807, 2.05) is 0 Å². The summed E-state index contributed by atoms with van der Waals surface area (Å²) in [6.45, 7) is 5.54. The van der Waals surface area contributed by atoms with Crippen LogP contribution < -0.4 is 14.8 Å². The molecule has 0 aliphatic carbocycles. The van der Waals surface area contributed by atoms with Gasteiger partial charge in [-0.05, 0) is 38.0 Å². The molecule has 1 aromatic carbocycles. The number of aliphatic hydroxyl groups excluding tert-OH is 1. The molecule has 3 N–H and O–H groups in total. The van der Waals surface area contributed by atoms with Gasteiger partial charge in [-0.15, -0.1) is 0 Å². The molecule has 0 fully saturated rings. The fourth-order valence-corrected chi connectivity index (χ4v) is 2.11. The smallest absolute Gasteiger partial charge is 0.161 e. The molecule has 0 saturated heterocycles. The third-order valence-corrected chi connectivity index (χ3v) is 3.45. The summed E-state index contributed by atoms with van der Waals surface area (Å²) in [5, 5.41) is 12.0. The first kappa shape index (κ1) is 18.5. The van der Waals surface area contributed by atoms with Crippen LogP contribution in [0, 0.1) is 0 Å². The molecule has 5 heteroatoms. The van der Waals surface area contributed by atoms with Crippen molar-refractivity contribution in [2.45, 2.75) is 39.2 Å². The third kappa shape index (κ3) is 6.45. The van der Waals surface area contributed by atoms with Gasteiger partial charge in [-0.25, -0.2) is 0 Å². The van der Waals surface area contributed by atoms with E-state index in [9.17, 15) is 9.90 Å². The minimum Gasteiger partial charge on any atom is -0.493 e. The predicted octanol–water partition coefficient (Wildman–Crippen LogP) is 1.39. The maximum atomic E-state index is 11.3. The van der Waals surface area contributed by atoms with Gasteiger partial charge in [0.25, 0.3) is 0 Å². The first-order chi connectivity index (χ1) is 10.6. The number of hydrogen-bond donors (Lipinski definition) is 2. The highest BCUT2D eigenvalue weighted by Crippen LogP contribution is 2.28. The summed E-state index contributed by atoms with van der Waals surface area (Å²) in [7, 11) is 1.53. The van der Waals surface area contributed by atoms with E-state index >= 15 is 0 Å². The molecule has 5 nitrogen and oxygen atoms in total. The summed E-state index contributed by atoms with van der Waals surface area (Å²) in [4.78, 5) is 11.3. The van der Waals surface area contributed by atoms with Crippen molar-refractivity contribution in [2.75, 3.05) is 26.8 Å². The molecule has 0 spiro atoms. The number of methoxy groups -OCH3 is 1. The Labute approximate surface area is 132 Å². The monoisotopic (exact) mass is 310 g/mol. The topological polar surface area (TPSA) is 72.4 Å². The van der Waals surface area contributed by atoms with Gasteiger partial charge in [0.1, 0.15) is 19.3 Å². The fourth-order valence-electron chi connectivity index (χ4n) is 2.11. The molecule has 22 heavy (non-hydrogen) atoms. The second-order valence-electron chi connectivity index (χ2n) is 5.41. The number of rotatable bonds is 11. The van der Waals surface area contributed by atoms with Gasteiger partial charge in [-0.3, -0.25) is 4.79 Å². The van der Waals surface area contributed by atoms with Crippen LogP contribution in [-0.4, -0.2) is 43.8 Å². The molecule has 0 saturated carbocycles. The van der Waals surface area contributed by atoms with Gasteiger partial charge < -0.3 is 19.9 Å². The Hall–Kier alpha value is -1.59. The quantitative estimate of drug-likeness (QED) is 0.478. The Morgan fingerprint density at radius 1 is 1.32 bits per heavy atom. The van der Waals surface area contributed by atoms with Crippen LogP contribution >= 0.6 is 0 Å². The zero-order valence-corrected chi connectivity index (χ0v) is 13.8. The number of quaternary nitrogens is 1. The Kier molecular flexibility index (Phi) is 8.55. The van der Waals surface area contributed by atoms with E-state index < -0.39 is 6.10 Å². The minimum absolute atomic E-state index is 0.0217. The highest BCUT2D eigenvalue weighted by molar-refractivity contribution is 5.94. The predicted molar refractivity (Wildman–Crippen MR) is 85.7 cm³/mol. The van der Waals surface area contributed by atoms with E-state index in [-0.39, 0.29) is 12.4 Å². The average Bonchev–Trinajstić information content (AvgIpc) is 2.52. The summed E-state index contributed by atoms with van der Waals surface area (Å²) in [6.07, 6.45) is 3.07. The van der Waals surface area contributed by atoms with Crippen molar-refractivity contribution in [2.24, 2.45) is 0 Å². The zero-order chi connectivity index (χ0) is 16.4. The van der Waals surface area contributed by atoms with Crippen molar-refractivity contribution in [1.82, 2.24) is 0 Å². The number of unbranched alkanes of at least 4 members (excludes halogenated alkanes) is 2. The van der Waals surface area contributed by atoms with Crippen LogP contribution in [-0.2, 0) is 0 Å². The van der Waals surface area contributed by atoms with Gasteiger partial charge in [-0.1, -0.05) is 13.3 Å². The van der Waals surface area contributed by atoms with Crippen LogP contribution in [0.5, 0.6) is 11.5 Å². The summed E-state index contributed by atoms with van der Waals surface area (Å²) in [6, 6.07) is 5.05. The van der Waals surface area contributed by atoms with Gasteiger partial charge in [0.05, 0.1) is 13.7 Å². The normalized spacial score (nSPS) is 12.0. The van der Waals surface area contributed by atoms with E-state index in [2.05, 4.69) is 12.2 Å². The Morgan fingerprint density at radius 2 is 2.09 bits per heavy atom. The summed E-state index contributed by atoms with van der Waals surface area (Å²) in [5.74, 6) is 1.02. The van der Waals surface area contributed by atoms with Gasteiger partial charge in [0, 0.05) is 5.56 Å². The van der Waals surface area contributed by atoms with Crippen molar-refractivity contribution >= 4 is 5.78 Å². The molecule has 124 valence electrons. The number of nitrogens with two attached hydrogens (primary N) is 1. The third-order valence-electron chi connectivity index (χ3n) is 3.45. The molecular weight excluding hydrogens is 282 g/mol. The first-order valence-electron chi connectivity index (χ1n) is 7.90. The van der Waals surface area contributed by atoms with E-state index in [0.717, 1.165) is 6.54 Å². The zero-order valence-electron chi connectivity index (χ0n) is 13.8. The van der Waals surface area contributed by atoms with E-state index in [0.29, 0.717) is 23.6 Å². The standard InChI is InChI=1S/C17H27NO4/c1-4-5-6-9-18-11-15(20)12-22-16-8-7-14(13(2)19)10-17(16)21-3/h7-8,10,15,18,20H,4-6,9,11-12H2,1-3H3/p+1/t15-/m0/s1. The van der Waals surface area contributed by atoms with Crippen LogP contribution in [0.1, 0.15) is 43.5 Å². The van der Waals surface area contributed by atoms with Gasteiger partial charge in [0.15, 0.2) is 17.3 Å². The number of carbonyl (C=O) groups is 1. The van der Waals surface area contributed by atoms with Gasteiger partial charge in [-0.2, -0.15) is 0 Å². The van der Waals surface area contributed by atoms with Crippen molar-refractivity contribution in [1.29, 1.82) is 0 Å². The SMILES string of the molecule is CCCCC[NH2+]C[C@H](O)COc1ccc(C(C)=O)cc1OC. The maximum Gasteiger partial charge on any atom is 0.161 e. The summed E-state index contributed by atoms with van der Waals surface area (Å²) >= 11 is 0. The number of carbonyl (C=O) groups excluding carboxylic acids is 1. The Morgan fingerprint density at radius 3 is 2.73 bits per heavy atom. The van der Waals surface area contributed by atoms with Crippen molar-refractivity contribution in [3.63, 3.8) is 0 Å². The first-order valence-corrected chi connectivity index (χ1v) is 7.90. The number of Topliss-reactive ketones (excluding diaryl/α,β-unsaturated/α-hetero) is 1. The van der Waals surface area contributed by atoms with Gasteiger partial charge >= 0.3 is 0 Å². The minimum atomic E-state index is -0.529. The van der Waals surface area contributed by atoms with Crippen LogP contribution in [0.25, 0.3) is 0 Å². The van der Waals surface area contributed by atoms with Crippen molar-refractivity contribution < 1.29 is 24.7 Å². The number of benzene rings is 1. The maximum absolute atomic E-state index is 11.3. The molecule has 0 radical (unpaired) electrons. The molecule has 0 amide bonds. The lowest BCUT2D eigenvalue weighted by atomic mass is 10.1. The van der Waals surface area contributed by atoms with Crippen LogP contribution in [0.15, 0.2) is 18.2 Å². The molecular formula is C17H28NO4+. The summed E-state index contributed by atoms with van der Waals surface area (Å²) in [5.41, 5.74) is 0.578. The number of ketones is 1. The van der Waals surface area contributed by atoms with Crippen LogP contribution in [0.2, 0.25) is 0 Å². The van der Waals surface area contributed by atoms with Crippen LogP contribution in [0.4, 0.5) is 0 Å². The number of hydrogen-bond acceptors (Lipinski definition) is 4. The second kappa shape index (κ2) is 10.2. The molecule has 0 bridgehead atoms. The fraction of sp³-hybridized carbons (Fsp3) is 0.588. The van der Waals surface area contributed by atoms with Crippen molar-refractivity contribution in [3.05, 3.63) is 23.8 Å². The molecule has 0 heterocycles. The van der Waals surface area contributed by atoms with Crippen molar-refractivity contribution in [3.8, 4) is 11.5 Å². The van der Waals surface area contributed by atoms with Crippen LogP contribution in [0.3, 0.4) is 0 Å². The molecule has 0 aromatic heterocycles. The van der Waals surface area contributed by atoms with Gasteiger partial charge in [0.2, 0.25) is 0 Å². The number of ether oxygens (including phenoxy) is 2. The van der Waals surface area contributed by atoms with E-state index in [4.69, 9.17) is 9.47 Å². The lowest BCUT2D eigenvalue weighted by molar-refractivity contribution is -0.661. The Bertz CT molecular complexity index is 462. The molecule has 0 unspecified atom stereocenters. The molecule has 1 aromatic rings. The second-order valence-corrected chi connectivity index (χ2v) is 5.41.